The van der Waals surface area contributed by atoms with Crippen LogP contribution < -0.4 is 10.1 Å². The van der Waals surface area contributed by atoms with Crippen LogP contribution in [0.1, 0.15) is 25.0 Å². The predicted octanol–water partition coefficient (Wildman–Crippen LogP) is 4.50. The Morgan fingerprint density at radius 3 is 2.73 bits per heavy atom. The SMILES string of the molecule is CCOc1cc(/C=C(\C#N)C(=O)Nc2ccccc2CC)cc(I)c1O. The number of benzene rings is 2. The molecule has 26 heavy (non-hydrogen) atoms. The molecular formula is C20H19IN2O3. The fourth-order valence-electron chi connectivity index (χ4n) is 2.40. The van der Waals surface area contributed by atoms with Gasteiger partial charge in [0.25, 0.3) is 5.91 Å². The number of nitriles is 1. The number of aryl methyl sites for hydroxylation is 1. The number of phenols is 1. The van der Waals surface area contributed by atoms with Gasteiger partial charge in [-0.25, -0.2) is 0 Å². The number of para-hydroxylation sites is 1. The first-order valence-corrected chi connectivity index (χ1v) is 9.24. The predicted molar refractivity (Wildman–Crippen MR) is 110 cm³/mol. The van der Waals surface area contributed by atoms with E-state index in [1.165, 1.54) is 6.08 Å². The molecule has 5 nitrogen and oxygen atoms in total. The molecule has 0 aromatic heterocycles. The number of halogens is 1. The monoisotopic (exact) mass is 462 g/mol. The van der Waals surface area contributed by atoms with E-state index in [9.17, 15) is 15.2 Å². The first-order chi connectivity index (χ1) is 12.5. The Morgan fingerprint density at radius 2 is 2.08 bits per heavy atom. The van der Waals surface area contributed by atoms with Crippen molar-refractivity contribution in [1.82, 2.24) is 0 Å². The van der Waals surface area contributed by atoms with E-state index in [0.29, 0.717) is 27.2 Å². The van der Waals surface area contributed by atoms with Gasteiger partial charge in [-0.05, 0) is 71.3 Å². The molecule has 134 valence electrons. The highest BCUT2D eigenvalue weighted by molar-refractivity contribution is 14.1. The number of aromatic hydroxyl groups is 1. The van der Waals surface area contributed by atoms with Crippen molar-refractivity contribution < 1.29 is 14.6 Å². The lowest BCUT2D eigenvalue weighted by Crippen LogP contribution is -2.14. The van der Waals surface area contributed by atoms with Crippen molar-refractivity contribution >= 4 is 40.3 Å². The molecule has 2 aromatic rings. The van der Waals surface area contributed by atoms with E-state index in [0.717, 1.165) is 12.0 Å². The summed E-state index contributed by atoms with van der Waals surface area (Å²) in [6, 6.07) is 12.7. The van der Waals surface area contributed by atoms with Crippen LogP contribution in [0.5, 0.6) is 11.5 Å². The van der Waals surface area contributed by atoms with E-state index in [-0.39, 0.29) is 11.3 Å². The molecule has 0 aliphatic rings. The molecule has 0 saturated heterocycles. The van der Waals surface area contributed by atoms with Gasteiger partial charge in [-0.15, -0.1) is 0 Å². The molecule has 0 heterocycles. The zero-order chi connectivity index (χ0) is 19.1. The number of nitrogens with one attached hydrogen (secondary N) is 1. The molecule has 2 aromatic carbocycles. The normalized spacial score (nSPS) is 10.9. The first kappa shape index (κ1) is 19.8. The van der Waals surface area contributed by atoms with Gasteiger partial charge in [0, 0.05) is 5.69 Å². The highest BCUT2D eigenvalue weighted by Crippen LogP contribution is 2.33. The molecule has 0 radical (unpaired) electrons. The van der Waals surface area contributed by atoms with E-state index >= 15 is 0 Å². The van der Waals surface area contributed by atoms with Crippen LogP contribution in [0.15, 0.2) is 42.0 Å². The van der Waals surface area contributed by atoms with Crippen molar-refractivity contribution in [2.24, 2.45) is 0 Å². The number of hydrogen-bond acceptors (Lipinski definition) is 4. The highest BCUT2D eigenvalue weighted by atomic mass is 127. The third kappa shape index (κ3) is 4.76. The number of ether oxygens (including phenoxy) is 1. The van der Waals surface area contributed by atoms with Crippen LogP contribution in [-0.4, -0.2) is 17.6 Å². The summed E-state index contributed by atoms with van der Waals surface area (Å²) in [5.74, 6) is -0.112. The zero-order valence-corrected chi connectivity index (χ0v) is 16.7. The molecule has 2 rings (SSSR count). The van der Waals surface area contributed by atoms with Crippen molar-refractivity contribution in [3.63, 3.8) is 0 Å². The molecule has 0 fully saturated rings. The fourth-order valence-corrected chi connectivity index (χ4v) is 3.02. The Hall–Kier alpha value is -2.53. The van der Waals surface area contributed by atoms with Crippen molar-refractivity contribution in [3.8, 4) is 17.6 Å². The molecule has 0 bridgehead atoms. The molecule has 0 aliphatic heterocycles. The second kappa shape index (κ2) is 9.25. The smallest absolute Gasteiger partial charge is 0.266 e. The number of hydrogen-bond donors (Lipinski definition) is 2. The van der Waals surface area contributed by atoms with Crippen molar-refractivity contribution in [2.75, 3.05) is 11.9 Å². The second-order valence-electron chi connectivity index (χ2n) is 5.42. The Morgan fingerprint density at radius 1 is 1.35 bits per heavy atom. The minimum absolute atomic E-state index is 0.0279. The molecular weight excluding hydrogens is 443 g/mol. The van der Waals surface area contributed by atoms with Gasteiger partial charge in [0.1, 0.15) is 11.6 Å². The number of nitrogens with zero attached hydrogens (tertiary/aromatic N) is 1. The van der Waals surface area contributed by atoms with Crippen molar-refractivity contribution in [2.45, 2.75) is 20.3 Å². The van der Waals surface area contributed by atoms with E-state index in [4.69, 9.17) is 4.74 Å². The number of amides is 1. The lowest BCUT2D eigenvalue weighted by molar-refractivity contribution is -0.112. The molecule has 0 atom stereocenters. The largest absolute Gasteiger partial charge is 0.504 e. The minimum Gasteiger partial charge on any atom is -0.504 e. The molecule has 6 heteroatoms. The second-order valence-corrected chi connectivity index (χ2v) is 6.58. The highest BCUT2D eigenvalue weighted by Gasteiger charge is 2.13. The summed E-state index contributed by atoms with van der Waals surface area (Å²) in [4.78, 5) is 12.5. The van der Waals surface area contributed by atoms with Gasteiger partial charge in [0.15, 0.2) is 11.5 Å². The summed E-state index contributed by atoms with van der Waals surface area (Å²) >= 11 is 1.98. The van der Waals surface area contributed by atoms with E-state index < -0.39 is 5.91 Å². The van der Waals surface area contributed by atoms with Gasteiger partial charge in [0.2, 0.25) is 0 Å². The van der Waals surface area contributed by atoms with Gasteiger partial charge in [-0.3, -0.25) is 4.79 Å². The average molecular weight is 462 g/mol. The maximum absolute atomic E-state index is 12.5. The summed E-state index contributed by atoms with van der Waals surface area (Å²) in [5, 5.41) is 22.2. The van der Waals surface area contributed by atoms with Gasteiger partial charge >= 0.3 is 0 Å². The zero-order valence-electron chi connectivity index (χ0n) is 14.5. The Balaban J connectivity index is 2.33. The van der Waals surface area contributed by atoms with Crippen molar-refractivity contribution in [3.05, 3.63) is 56.7 Å². The fraction of sp³-hybridized carbons (Fsp3) is 0.200. The van der Waals surface area contributed by atoms with Crippen LogP contribution in [0.3, 0.4) is 0 Å². The molecule has 0 saturated carbocycles. The number of carbonyl (C=O) groups is 1. The number of carbonyl (C=O) groups excluding carboxylic acids is 1. The summed E-state index contributed by atoms with van der Waals surface area (Å²) in [6.45, 7) is 4.21. The van der Waals surface area contributed by atoms with Crippen molar-refractivity contribution in [1.29, 1.82) is 5.26 Å². The maximum Gasteiger partial charge on any atom is 0.266 e. The number of phenolic OH excluding ortho intramolecular Hbond substituents is 1. The number of anilines is 1. The van der Waals surface area contributed by atoms with Gasteiger partial charge in [0.05, 0.1) is 10.2 Å². The summed E-state index contributed by atoms with van der Waals surface area (Å²) in [5.41, 5.74) is 2.26. The molecule has 1 amide bonds. The summed E-state index contributed by atoms with van der Waals surface area (Å²) < 4.78 is 5.97. The lowest BCUT2D eigenvalue weighted by atomic mass is 10.1. The lowest BCUT2D eigenvalue weighted by Gasteiger charge is -2.10. The third-order valence-corrected chi connectivity index (χ3v) is 4.50. The van der Waals surface area contributed by atoms with Crippen LogP contribution in [0.2, 0.25) is 0 Å². The topological polar surface area (TPSA) is 82.3 Å². The Bertz CT molecular complexity index is 885. The first-order valence-electron chi connectivity index (χ1n) is 8.16. The van der Waals surface area contributed by atoms with Gasteiger partial charge in [-0.2, -0.15) is 5.26 Å². The van der Waals surface area contributed by atoms with Gasteiger partial charge < -0.3 is 15.2 Å². The number of rotatable bonds is 6. The maximum atomic E-state index is 12.5. The van der Waals surface area contributed by atoms with E-state index in [2.05, 4.69) is 5.32 Å². The standard InChI is InChI=1S/C20H19IN2O3/c1-3-14-7-5-6-8-17(14)23-20(25)15(12-22)9-13-10-16(21)19(24)18(11-13)26-4-2/h5-11,24H,3-4H2,1-2H3,(H,23,25)/b15-9+. The van der Waals surface area contributed by atoms with E-state index in [1.54, 1.807) is 12.1 Å². The van der Waals surface area contributed by atoms with Crippen LogP contribution >= 0.6 is 22.6 Å². The van der Waals surface area contributed by atoms with Crippen LogP contribution in [0, 0.1) is 14.9 Å². The molecule has 0 unspecified atom stereocenters. The quantitative estimate of drug-likeness (QED) is 0.376. The average Bonchev–Trinajstić information content (AvgIpc) is 2.64. The Kier molecular flexibility index (Phi) is 7.04. The van der Waals surface area contributed by atoms with E-state index in [1.807, 2.05) is 66.8 Å². The molecule has 0 spiro atoms. The summed E-state index contributed by atoms with van der Waals surface area (Å²) in [6.07, 6.45) is 2.25. The van der Waals surface area contributed by atoms with Crippen LogP contribution in [0.25, 0.3) is 6.08 Å². The van der Waals surface area contributed by atoms with Crippen LogP contribution in [-0.2, 0) is 11.2 Å². The third-order valence-electron chi connectivity index (χ3n) is 3.67. The minimum atomic E-state index is -0.477. The molecule has 0 aliphatic carbocycles. The summed E-state index contributed by atoms with van der Waals surface area (Å²) in [7, 11) is 0. The molecule has 2 N–H and O–H groups in total. The Labute approximate surface area is 166 Å². The van der Waals surface area contributed by atoms with Gasteiger partial charge in [-0.1, -0.05) is 25.1 Å². The van der Waals surface area contributed by atoms with Crippen LogP contribution in [0.4, 0.5) is 5.69 Å².